The Balaban J connectivity index is 1.22. The van der Waals surface area contributed by atoms with Crippen LogP contribution in [0.4, 0.5) is 4.79 Å². The molecule has 0 bridgehead atoms. The molecule has 1 unspecified atom stereocenters. The van der Waals surface area contributed by atoms with Crippen molar-refractivity contribution >= 4 is 23.5 Å². The van der Waals surface area contributed by atoms with Gasteiger partial charge in [0.15, 0.2) is 0 Å². The maximum absolute atomic E-state index is 12.8. The van der Waals surface area contributed by atoms with Gasteiger partial charge in [-0.15, -0.1) is 0 Å². The van der Waals surface area contributed by atoms with Crippen LogP contribution in [0, 0.1) is 0 Å². The Labute approximate surface area is 220 Å². The van der Waals surface area contributed by atoms with Crippen LogP contribution in [0.25, 0.3) is 22.5 Å². The molecule has 0 saturated heterocycles. The third-order valence-corrected chi connectivity index (χ3v) is 7.52. The number of carbonyl (C=O) groups excluding carboxylic acids is 1. The lowest BCUT2D eigenvalue weighted by atomic mass is 9.93. The number of fused-ring (bicyclic) bond motifs is 1. The van der Waals surface area contributed by atoms with Gasteiger partial charge in [0, 0.05) is 24.4 Å². The molecule has 0 spiro atoms. The van der Waals surface area contributed by atoms with E-state index >= 15 is 0 Å². The summed E-state index contributed by atoms with van der Waals surface area (Å²) in [5.74, 6) is 0.740. The van der Waals surface area contributed by atoms with E-state index in [2.05, 4.69) is 10.3 Å². The molecule has 1 atom stereocenters. The van der Waals surface area contributed by atoms with Gasteiger partial charge < -0.3 is 9.84 Å². The molecule has 0 radical (unpaired) electrons. The number of aliphatic carboxylic acids is 1. The summed E-state index contributed by atoms with van der Waals surface area (Å²) in [6.07, 6.45) is 4.60. The van der Waals surface area contributed by atoms with Gasteiger partial charge in [-0.05, 0) is 47.6 Å². The lowest BCUT2D eigenvalue weighted by Crippen LogP contribution is -2.26. The average Bonchev–Trinajstić information content (AvgIpc) is 3.52. The Morgan fingerprint density at radius 1 is 0.947 bits per heavy atom. The summed E-state index contributed by atoms with van der Waals surface area (Å²) in [4.78, 5) is 28.9. The van der Waals surface area contributed by atoms with Crippen molar-refractivity contribution in [1.29, 1.82) is 0 Å². The number of amides is 1. The molecule has 1 amide bonds. The molecule has 1 fully saturated rings. The van der Waals surface area contributed by atoms with Crippen LogP contribution in [0.15, 0.2) is 91.3 Å². The molecule has 190 valence electrons. The predicted octanol–water partition coefficient (Wildman–Crippen LogP) is 6.04. The van der Waals surface area contributed by atoms with Crippen molar-refractivity contribution in [3.8, 4) is 11.1 Å². The van der Waals surface area contributed by atoms with E-state index in [1.165, 1.54) is 0 Å². The fourth-order valence-electron chi connectivity index (χ4n) is 5.11. The first-order valence-electron chi connectivity index (χ1n) is 12.7. The van der Waals surface area contributed by atoms with Gasteiger partial charge in [0.2, 0.25) is 0 Å². The van der Waals surface area contributed by atoms with E-state index in [4.69, 9.17) is 4.74 Å². The van der Waals surface area contributed by atoms with Gasteiger partial charge in [0.05, 0.1) is 5.41 Å². The summed E-state index contributed by atoms with van der Waals surface area (Å²) < 4.78 is 7.53. The summed E-state index contributed by atoms with van der Waals surface area (Å²) in [5.41, 5.74) is 5.06. The van der Waals surface area contributed by atoms with Crippen LogP contribution in [0.5, 0.6) is 0 Å². The third kappa shape index (κ3) is 4.26. The molecule has 7 heteroatoms. The number of nitrogens with zero attached hydrogens (tertiary/aromatic N) is 2. The smallest absolute Gasteiger partial charge is 0.413 e. The van der Waals surface area contributed by atoms with Crippen LogP contribution in [0.3, 0.4) is 0 Å². The summed E-state index contributed by atoms with van der Waals surface area (Å²) >= 11 is 0. The van der Waals surface area contributed by atoms with E-state index in [1.807, 2.05) is 96.6 Å². The molecular weight excluding hydrogens is 478 g/mol. The first-order valence-corrected chi connectivity index (χ1v) is 12.7. The molecule has 2 heterocycles. The van der Waals surface area contributed by atoms with Crippen molar-refractivity contribution in [2.45, 2.75) is 37.7 Å². The molecule has 7 nitrogen and oxygen atoms in total. The zero-order valence-corrected chi connectivity index (χ0v) is 20.9. The fourth-order valence-corrected chi connectivity index (χ4v) is 5.11. The molecular formula is C31H27N3O4. The van der Waals surface area contributed by atoms with Crippen LogP contribution >= 0.6 is 0 Å². The van der Waals surface area contributed by atoms with Crippen LogP contribution in [-0.4, -0.2) is 26.7 Å². The second-order valence-electron chi connectivity index (χ2n) is 9.84. The molecule has 2 aliphatic rings. The van der Waals surface area contributed by atoms with Crippen molar-refractivity contribution in [2.75, 3.05) is 0 Å². The zero-order valence-electron chi connectivity index (χ0n) is 20.9. The van der Waals surface area contributed by atoms with Crippen molar-refractivity contribution in [3.05, 3.63) is 114 Å². The van der Waals surface area contributed by atoms with Crippen molar-refractivity contribution in [3.63, 3.8) is 0 Å². The average molecular weight is 506 g/mol. The quantitative estimate of drug-likeness (QED) is 0.320. The number of carbonyl (C=O) groups is 2. The fraction of sp³-hybridized carbons (Fsp3) is 0.194. The largest absolute Gasteiger partial charge is 0.481 e. The van der Waals surface area contributed by atoms with E-state index in [0.717, 1.165) is 39.2 Å². The molecule has 4 aromatic rings. The molecule has 6 rings (SSSR count). The summed E-state index contributed by atoms with van der Waals surface area (Å²) in [7, 11) is 0. The maximum Gasteiger partial charge on any atom is 0.413 e. The summed E-state index contributed by atoms with van der Waals surface area (Å²) in [6, 6.07) is 25.6. The minimum absolute atomic E-state index is 0.389. The number of imidazole rings is 1. The standard InChI is InChI=1S/C31H27N3O4/c1-20(21-5-3-2-4-6-21)38-30(37)33-28-26(19-27-32-17-18-34(27)28)24-9-7-22(8-10-24)23-11-13-25(14-12-23)31(15-16-31)29(35)36/h2-14,17-18,20H,15-16,19H2,1H3,(H,33,37)(H,35,36). The van der Waals surface area contributed by atoms with E-state index in [9.17, 15) is 14.7 Å². The van der Waals surface area contributed by atoms with Gasteiger partial charge >= 0.3 is 12.1 Å². The number of nitrogens with one attached hydrogen (secondary N) is 1. The first-order chi connectivity index (χ1) is 18.4. The van der Waals surface area contributed by atoms with Gasteiger partial charge in [0.1, 0.15) is 17.7 Å². The normalized spacial score (nSPS) is 16.0. The van der Waals surface area contributed by atoms with Crippen LogP contribution in [-0.2, 0) is 21.4 Å². The molecule has 1 aliphatic heterocycles. The number of benzene rings is 3. The Bertz CT molecular complexity index is 1530. The van der Waals surface area contributed by atoms with Gasteiger partial charge in [0.25, 0.3) is 0 Å². The number of hydrogen-bond donors (Lipinski definition) is 2. The SMILES string of the molecule is CC(OC(=O)NC1=C(c2ccc(-c3ccc(C4(C(=O)O)CC4)cc3)cc2)Cc2nccn21)c1ccccc1. The van der Waals surface area contributed by atoms with Crippen LogP contribution in [0.1, 0.15) is 48.4 Å². The van der Waals surface area contributed by atoms with Gasteiger partial charge in [-0.3, -0.25) is 14.7 Å². The highest BCUT2D eigenvalue weighted by atomic mass is 16.6. The molecule has 1 saturated carbocycles. The highest BCUT2D eigenvalue weighted by molar-refractivity contribution is 5.93. The Hall–Kier alpha value is -4.65. The van der Waals surface area contributed by atoms with Crippen molar-refractivity contribution in [2.24, 2.45) is 0 Å². The number of hydrogen-bond acceptors (Lipinski definition) is 4. The van der Waals surface area contributed by atoms with Crippen molar-refractivity contribution < 1.29 is 19.4 Å². The van der Waals surface area contributed by atoms with Gasteiger partial charge in [-0.2, -0.15) is 0 Å². The highest BCUT2D eigenvalue weighted by Crippen LogP contribution is 2.48. The first kappa shape index (κ1) is 23.7. The molecule has 3 aromatic carbocycles. The Morgan fingerprint density at radius 3 is 2.21 bits per heavy atom. The van der Waals surface area contributed by atoms with Gasteiger partial charge in [-0.1, -0.05) is 78.9 Å². The number of carboxylic acid groups (broad SMARTS) is 1. The molecule has 1 aromatic heterocycles. The minimum Gasteiger partial charge on any atom is -0.481 e. The number of alkyl carbamates (subject to hydrolysis) is 1. The highest BCUT2D eigenvalue weighted by Gasteiger charge is 2.51. The summed E-state index contributed by atoms with van der Waals surface area (Å²) in [5, 5.41) is 12.5. The van der Waals surface area contributed by atoms with E-state index in [0.29, 0.717) is 25.1 Å². The second-order valence-corrected chi connectivity index (χ2v) is 9.84. The van der Waals surface area contributed by atoms with Crippen molar-refractivity contribution in [1.82, 2.24) is 14.9 Å². The zero-order chi connectivity index (χ0) is 26.3. The Morgan fingerprint density at radius 2 is 1.58 bits per heavy atom. The minimum atomic E-state index is -0.748. The lowest BCUT2D eigenvalue weighted by Gasteiger charge is -2.16. The Kier molecular flexibility index (Phi) is 5.83. The van der Waals surface area contributed by atoms with Crippen LogP contribution in [0.2, 0.25) is 0 Å². The third-order valence-electron chi connectivity index (χ3n) is 7.52. The number of carboxylic acids is 1. The maximum atomic E-state index is 12.8. The second kappa shape index (κ2) is 9.34. The van der Waals surface area contributed by atoms with Gasteiger partial charge in [-0.25, -0.2) is 9.78 Å². The topological polar surface area (TPSA) is 93.4 Å². The summed E-state index contributed by atoms with van der Waals surface area (Å²) in [6.45, 7) is 1.85. The molecule has 38 heavy (non-hydrogen) atoms. The predicted molar refractivity (Wildman–Crippen MR) is 144 cm³/mol. The number of rotatable bonds is 7. The van der Waals surface area contributed by atoms with E-state index in [-0.39, 0.29) is 6.10 Å². The molecule has 1 aliphatic carbocycles. The number of allylic oxidation sites excluding steroid dienone is 1. The molecule has 2 N–H and O–H groups in total. The van der Waals surface area contributed by atoms with E-state index in [1.54, 1.807) is 6.20 Å². The monoisotopic (exact) mass is 505 g/mol. The number of aromatic nitrogens is 2. The van der Waals surface area contributed by atoms with E-state index < -0.39 is 17.5 Å². The lowest BCUT2D eigenvalue weighted by molar-refractivity contribution is -0.140. The number of ether oxygens (including phenoxy) is 1. The van der Waals surface area contributed by atoms with Crippen LogP contribution < -0.4 is 5.32 Å².